The van der Waals surface area contributed by atoms with Crippen molar-refractivity contribution in [3.63, 3.8) is 0 Å². The van der Waals surface area contributed by atoms with Crippen molar-refractivity contribution in [2.75, 3.05) is 0 Å². The lowest BCUT2D eigenvalue weighted by Gasteiger charge is -1.94. The van der Waals surface area contributed by atoms with Crippen molar-refractivity contribution in [3.8, 4) is 6.07 Å². The van der Waals surface area contributed by atoms with Gasteiger partial charge in [0.2, 0.25) is 0 Å². The predicted molar refractivity (Wildman–Crippen MR) is 40.9 cm³/mol. The molecule has 0 saturated carbocycles. The first-order valence-corrected chi connectivity index (χ1v) is 3.88. The third kappa shape index (κ3) is 1.34. The Kier molecular flexibility index (Phi) is 2.03. The molecule has 0 aromatic carbocycles. The van der Waals surface area contributed by atoms with Gasteiger partial charge >= 0.3 is 0 Å². The van der Waals surface area contributed by atoms with Gasteiger partial charge in [0.15, 0.2) is 5.69 Å². The van der Waals surface area contributed by atoms with Crippen LogP contribution in [0.1, 0.15) is 30.3 Å². The summed E-state index contributed by atoms with van der Waals surface area (Å²) in [5.41, 5.74) is 0.536. The molecule has 0 aliphatic heterocycles. The summed E-state index contributed by atoms with van der Waals surface area (Å²) >= 11 is 1.41. The van der Waals surface area contributed by atoms with Crippen LogP contribution in [0.3, 0.4) is 0 Å². The van der Waals surface area contributed by atoms with E-state index in [4.69, 9.17) is 5.26 Å². The van der Waals surface area contributed by atoms with E-state index in [1.807, 2.05) is 12.1 Å². The van der Waals surface area contributed by atoms with Gasteiger partial charge in [-0.1, -0.05) is 13.8 Å². The molecule has 52 valence electrons. The Morgan fingerprint density at radius 3 is 2.70 bits per heavy atom. The van der Waals surface area contributed by atoms with Gasteiger partial charge in [-0.15, -0.1) is 0 Å². The first-order valence-electron chi connectivity index (χ1n) is 3.10. The summed E-state index contributed by atoms with van der Waals surface area (Å²) in [5.74, 6) is 0.486. The Morgan fingerprint density at radius 1 is 1.70 bits per heavy atom. The number of hydrogen-bond donors (Lipinski definition) is 0. The highest BCUT2D eigenvalue weighted by Gasteiger charge is 2.03. The molecule has 0 unspecified atom stereocenters. The van der Waals surface area contributed by atoms with Crippen molar-refractivity contribution in [2.24, 2.45) is 0 Å². The van der Waals surface area contributed by atoms with Crippen LogP contribution in [0, 0.1) is 11.3 Å². The van der Waals surface area contributed by atoms with Crippen molar-refractivity contribution in [1.29, 1.82) is 5.26 Å². The Balaban J connectivity index is 2.91. The summed E-state index contributed by atoms with van der Waals surface area (Å²) in [6.45, 7) is 4.18. The average Bonchev–Trinajstić information content (AvgIpc) is 2.34. The van der Waals surface area contributed by atoms with Crippen LogP contribution in [0.15, 0.2) is 6.07 Å². The second-order valence-electron chi connectivity index (χ2n) is 2.38. The fourth-order valence-electron chi connectivity index (χ4n) is 0.614. The maximum absolute atomic E-state index is 8.43. The fourth-order valence-corrected chi connectivity index (χ4v) is 1.29. The molecule has 0 N–H and O–H groups in total. The third-order valence-electron chi connectivity index (χ3n) is 1.21. The largest absolute Gasteiger partial charge is 0.191 e. The summed E-state index contributed by atoms with van der Waals surface area (Å²) in [4.78, 5) is 1.18. The summed E-state index contributed by atoms with van der Waals surface area (Å²) in [6, 6.07) is 3.84. The minimum Gasteiger partial charge on any atom is -0.191 e. The number of hydrogen-bond acceptors (Lipinski definition) is 3. The van der Waals surface area contributed by atoms with Gasteiger partial charge in [-0.25, -0.2) is 0 Å². The highest BCUT2D eigenvalue weighted by Crippen LogP contribution is 2.19. The van der Waals surface area contributed by atoms with Gasteiger partial charge in [0, 0.05) is 4.88 Å². The molecule has 0 aliphatic carbocycles. The van der Waals surface area contributed by atoms with Crippen LogP contribution >= 0.6 is 11.5 Å². The standard InChI is InChI=1S/C7H8N2S/c1-5(2)7-3-6(4-8)9-10-7/h3,5H,1-2H3. The molecule has 0 bridgehead atoms. The minimum atomic E-state index is 0.486. The Labute approximate surface area is 64.3 Å². The topological polar surface area (TPSA) is 36.7 Å². The second kappa shape index (κ2) is 2.80. The first-order chi connectivity index (χ1) is 4.74. The van der Waals surface area contributed by atoms with E-state index in [2.05, 4.69) is 18.2 Å². The maximum atomic E-state index is 8.43. The molecular weight excluding hydrogens is 144 g/mol. The quantitative estimate of drug-likeness (QED) is 0.618. The summed E-state index contributed by atoms with van der Waals surface area (Å²) in [6.07, 6.45) is 0. The number of rotatable bonds is 1. The molecule has 0 atom stereocenters. The molecule has 1 heterocycles. The predicted octanol–water partition coefficient (Wildman–Crippen LogP) is 2.14. The minimum absolute atomic E-state index is 0.486. The van der Waals surface area contributed by atoms with Crippen molar-refractivity contribution in [3.05, 3.63) is 16.6 Å². The van der Waals surface area contributed by atoms with Crippen LogP contribution < -0.4 is 0 Å². The van der Waals surface area contributed by atoms with Crippen molar-refractivity contribution >= 4 is 11.5 Å². The Morgan fingerprint density at radius 2 is 2.40 bits per heavy atom. The summed E-state index contributed by atoms with van der Waals surface area (Å²) in [5, 5.41) is 8.43. The van der Waals surface area contributed by atoms with E-state index in [-0.39, 0.29) is 0 Å². The van der Waals surface area contributed by atoms with Gasteiger partial charge in [0.05, 0.1) is 0 Å². The molecule has 1 rings (SSSR count). The van der Waals surface area contributed by atoms with E-state index in [1.165, 1.54) is 16.4 Å². The Bertz CT molecular complexity index is 257. The van der Waals surface area contributed by atoms with Gasteiger partial charge in [0.25, 0.3) is 0 Å². The fraction of sp³-hybridized carbons (Fsp3) is 0.429. The van der Waals surface area contributed by atoms with Gasteiger partial charge in [-0.2, -0.15) is 9.64 Å². The SMILES string of the molecule is CC(C)c1cc(C#N)ns1. The van der Waals surface area contributed by atoms with Crippen LogP contribution in [0.25, 0.3) is 0 Å². The van der Waals surface area contributed by atoms with Crippen LogP contribution in [-0.2, 0) is 0 Å². The first kappa shape index (κ1) is 7.23. The lowest BCUT2D eigenvalue weighted by atomic mass is 10.2. The monoisotopic (exact) mass is 152 g/mol. The molecule has 0 spiro atoms. The molecule has 0 saturated heterocycles. The second-order valence-corrected chi connectivity index (χ2v) is 3.22. The molecule has 0 radical (unpaired) electrons. The molecule has 0 fully saturated rings. The molecule has 3 heteroatoms. The van der Waals surface area contributed by atoms with Gasteiger partial charge in [0.1, 0.15) is 6.07 Å². The lowest BCUT2D eigenvalue weighted by molar-refractivity contribution is 0.889. The maximum Gasteiger partial charge on any atom is 0.154 e. The van der Waals surface area contributed by atoms with E-state index in [1.54, 1.807) is 0 Å². The number of nitrogens with zero attached hydrogens (tertiary/aromatic N) is 2. The lowest BCUT2D eigenvalue weighted by Crippen LogP contribution is -1.78. The van der Waals surface area contributed by atoms with Crippen LogP contribution in [0.5, 0.6) is 0 Å². The van der Waals surface area contributed by atoms with E-state index in [0.717, 1.165) is 0 Å². The molecule has 0 aliphatic rings. The molecule has 0 amide bonds. The average molecular weight is 152 g/mol. The van der Waals surface area contributed by atoms with Crippen molar-refractivity contribution < 1.29 is 0 Å². The van der Waals surface area contributed by atoms with Crippen LogP contribution in [-0.4, -0.2) is 4.37 Å². The molecular formula is C7H8N2S. The zero-order valence-electron chi connectivity index (χ0n) is 5.96. The highest BCUT2D eigenvalue weighted by molar-refractivity contribution is 7.05. The molecule has 1 aromatic heterocycles. The summed E-state index contributed by atoms with van der Waals surface area (Å²) in [7, 11) is 0. The van der Waals surface area contributed by atoms with Gasteiger partial charge in [-0.05, 0) is 23.5 Å². The molecule has 10 heavy (non-hydrogen) atoms. The molecule has 2 nitrogen and oxygen atoms in total. The van der Waals surface area contributed by atoms with E-state index in [9.17, 15) is 0 Å². The van der Waals surface area contributed by atoms with E-state index < -0.39 is 0 Å². The third-order valence-corrected chi connectivity index (χ3v) is 2.30. The van der Waals surface area contributed by atoms with E-state index >= 15 is 0 Å². The highest BCUT2D eigenvalue weighted by atomic mass is 32.1. The van der Waals surface area contributed by atoms with Gasteiger partial charge < -0.3 is 0 Å². The molecule has 1 aromatic rings. The summed E-state index contributed by atoms with van der Waals surface area (Å²) < 4.78 is 3.94. The zero-order chi connectivity index (χ0) is 7.56. The normalized spacial score (nSPS) is 9.80. The van der Waals surface area contributed by atoms with Crippen molar-refractivity contribution in [1.82, 2.24) is 4.37 Å². The van der Waals surface area contributed by atoms with Crippen LogP contribution in [0.4, 0.5) is 0 Å². The zero-order valence-corrected chi connectivity index (χ0v) is 6.77. The smallest absolute Gasteiger partial charge is 0.154 e. The van der Waals surface area contributed by atoms with Crippen molar-refractivity contribution in [2.45, 2.75) is 19.8 Å². The number of nitriles is 1. The van der Waals surface area contributed by atoms with E-state index in [0.29, 0.717) is 11.6 Å². The number of aromatic nitrogens is 1. The van der Waals surface area contributed by atoms with Gasteiger partial charge in [-0.3, -0.25) is 0 Å². The van der Waals surface area contributed by atoms with Crippen LogP contribution in [0.2, 0.25) is 0 Å². The Hall–Kier alpha value is -0.880.